The quantitative estimate of drug-likeness (QED) is 0.683. The number of fused-ring (bicyclic) bond motifs is 7. The van der Waals surface area contributed by atoms with Crippen molar-refractivity contribution in [3.8, 4) is 0 Å². The lowest BCUT2D eigenvalue weighted by Gasteiger charge is -2.39. The fourth-order valence-electron chi connectivity index (χ4n) is 3.93. The van der Waals surface area contributed by atoms with Crippen molar-refractivity contribution in [2.45, 2.75) is 19.6 Å². The molecule has 0 bridgehead atoms. The Balaban J connectivity index is 1.81. The number of hydrogen-bond acceptors (Lipinski definition) is 3. The van der Waals surface area contributed by atoms with Gasteiger partial charge in [0.15, 0.2) is 0 Å². The lowest BCUT2D eigenvalue weighted by atomic mass is 10.1. The van der Waals surface area contributed by atoms with Gasteiger partial charge in [-0.25, -0.2) is 0 Å². The third kappa shape index (κ3) is 1.53. The highest BCUT2D eigenvalue weighted by Gasteiger charge is 2.45. The summed E-state index contributed by atoms with van der Waals surface area (Å²) in [5, 5.41) is 1.02. The predicted molar refractivity (Wildman–Crippen MR) is 88.3 cm³/mol. The van der Waals surface area contributed by atoms with E-state index in [0.29, 0.717) is 12.3 Å². The number of carbonyl (C=O) groups is 1. The lowest BCUT2D eigenvalue weighted by Crippen LogP contribution is -2.45. The highest BCUT2D eigenvalue weighted by atomic mass is 16.3. The molecule has 0 saturated carbocycles. The number of carbonyl (C=O) groups excluding carboxylic acids is 1. The van der Waals surface area contributed by atoms with Gasteiger partial charge in [-0.2, -0.15) is 0 Å². The predicted octanol–water partition coefficient (Wildman–Crippen LogP) is 3.93. The van der Waals surface area contributed by atoms with Gasteiger partial charge in [0, 0.05) is 18.5 Å². The first-order chi connectivity index (χ1) is 11.3. The normalized spacial score (nSPS) is 19.0. The van der Waals surface area contributed by atoms with Crippen LogP contribution in [0, 0.1) is 0 Å². The number of para-hydroxylation sites is 1. The minimum atomic E-state index is -0.0304. The Kier molecular flexibility index (Phi) is 2.43. The van der Waals surface area contributed by atoms with Crippen LogP contribution in [0.3, 0.4) is 0 Å². The van der Waals surface area contributed by atoms with Gasteiger partial charge < -0.3 is 14.2 Å². The number of hydrogen-bond donors (Lipinski definition) is 0. The first-order valence-electron chi connectivity index (χ1n) is 7.96. The van der Waals surface area contributed by atoms with Gasteiger partial charge in [0.05, 0.1) is 5.69 Å². The van der Waals surface area contributed by atoms with Crippen LogP contribution in [0.4, 0.5) is 5.69 Å². The van der Waals surface area contributed by atoms with E-state index in [1.54, 1.807) is 0 Å². The molecule has 3 heterocycles. The maximum absolute atomic E-state index is 13.0. The Morgan fingerprint density at radius 3 is 2.78 bits per heavy atom. The van der Waals surface area contributed by atoms with Crippen LogP contribution in [0.5, 0.6) is 0 Å². The molecule has 2 aliphatic rings. The Morgan fingerprint density at radius 1 is 1.13 bits per heavy atom. The van der Waals surface area contributed by atoms with Crippen molar-refractivity contribution in [3.05, 3.63) is 65.4 Å². The number of rotatable bonds is 1. The second-order valence-corrected chi connectivity index (χ2v) is 6.07. The van der Waals surface area contributed by atoms with Gasteiger partial charge in [-0.15, -0.1) is 0 Å². The van der Waals surface area contributed by atoms with Gasteiger partial charge in [0.1, 0.15) is 11.7 Å². The Morgan fingerprint density at radius 2 is 1.91 bits per heavy atom. The molecule has 0 N–H and O–H groups in total. The highest BCUT2D eigenvalue weighted by Crippen LogP contribution is 2.48. The van der Waals surface area contributed by atoms with Crippen LogP contribution in [-0.4, -0.2) is 17.4 Å². The van der Waals surface area contributed by atoms with Crippen molar-refractivity contribution in [3.63, 3.8) is 0 Å². The largest absolute Gasteiger partial charge is 0.449 e. The van der Waals surface area contributed by atoms with E-state index >= 15 is 0 Å². The summed E-state index contributed by atoms with van der Waals surface area (Å²) >= 11 is 0. The summed E-state index contributed by atoms with van der Waals surface area (Å²) in [6, 6.07) is 16.3. The number of nitrogens with zero attached hydrogens (tertiary/aromatic N) is 2. The molecule has 0 spiro atoms. The Hall–Kier alpha value is -2.75. The van der Waals surface area contributed by atoms with E-state index in [0.717, 1.165) is 23.2 Å². The van der Waals surface area contributed by atoms with Gasteiger partial charge in [-0.1, -0.05) is 36.4 Å². The second-order valence-electron chi connectivity index (χ2n) is 6.07. The molecule has 1 aromatic heterocycles. The summed E-state index contributed by atoms with van der Waals surface area (Å²) in [7, 11) is 0. The van der Waals surface area contributed by atoms with Gasteiger partial charge in [0.2, 0.25) is 5.76 Å². The van der Waals surface area contributed by atoms with Gasteiger partial charge in [-0.05, 0) is 30.2 Å². The standard InChI is InChI=1S/C19H16N2O2/c1-2-20-18-13-8-4-3-7-12(13)11-21(18)16-14-9-5-6-10-15(14)23-17(16)19(20)22/h3-10,18H,2,11H2,1H3. The first-order valence-corrected chi connectivity index (χ1v) is 7.96. The second kappa shape index (κ2) is 4.38. The Labute approximate surface area is 133 Å². The van der Waals surface area contributed by atoms with E-state index in [9.17, 15) is 4.79 Å². The zero-order chi connectivity index (χ0) is 15.6. The molecular weight excluding hydrogens is 288 g/mol. The molecule has 0 aliphatic carbocycles. The van der Waals surface area contributed by atoms with Gasteiger partial charge in [0.25, 0.3) is 5.91 Å². The SMILES string of the molecule is CCN1C(=O)c2oc3ccccc3c2N2Cc3ccccc3C12. The monoisotopic (exact) mass is 304 g/mol. The molecule has 1 amide bonds. The molecular formula is C19H16N2O2. The van der Waals surface area contributed by atoms with Gasteiger partial charge >= 0.3 is 0 Å². The minimum Gasteiger partial charge on any atom is -0.449 e. The van der Waals surface area contributed by atoms with Crippen LogP contribution < -0.4 is 4.90 Å². The fraction of sp³-hybridized carbons (Fsp3) is 0.211. The molecule has 1 unspecified atom stereocenters. The van der Waals surface area contributed by atoms with Crippen molar-refractivity contribution in [1.29, 1.82) is 0 Å². The maximum Gasteiger partial charge on any atom is 0.293 e. The summed E-state index contributed by atoms with van der Waals surface area (Å²) in [5.74, 6) is 0.453. The molecule has 5 rings (SSSR count). The van der Waals surface area contributed by atoms with Crippen LogP contribution in [0.15, 0.2) is 52.9 Å². The summed E-state index contributed by atoms with van der Waals surface area (Å²) in [6.07, 6.45) is -0.0304. The summed E-state index contributed by atoms with van der Waals surface area (Å²) < 4.78 is 5.91. The molecule has 0 radical (unpaired) electrons. The zero-order valence-corrected chi connectivity index (χ0v) is 12.8. The van der Waals surface area contributed by atoms with Crippen LogP contribution in [0.2, 0.25) is 0 Å². The Bertz CT molecular complexity index is 943. The average Bonchev–Trinajstić information content (AvgIpc) is 3.14. The maximum atomic E-state index is 13.0. The van der Waals surface area contributed by atoms with E-state index in [4.69, 9.17) is 4.42 Å². The fourth-order valence-corrected chi connectivity index (χ4v) is 3.93. The van der Waals surface area contributed by atoms with E-state index in [1.807, 2.05) is 42.2 Å². The van der Waals surface area contributed by atoms with E-state index in [1.165, 1.54) is 11.1 Å². The number of anilines is 1. The third-order valence-electron chi connectivity index (χ3n) is 4.92. The topological polar surface area (TPSA) is 36.7 Å². The van der Waals surface area contributed by atoms with Crippen LogP contribution in [-0.2, 0) is 6.54 Å². The van der Waals surface area contributed by atoms with Crippen LogP contribution in [0.1, 0.15) is 34.8 Å². The molecule has 2 aromatic carbocycles. The van der Waals surface area contributed by atoms with Crippen molar-refractivity contribution in [1.82, 2.24) is 4.90 Å². The third-order valence-corrected chi connectivity index (χ3v) is 4.92. The minimum absolute atomic E-state index is 0.0170. The molecule has 0 fully saturated rings. The van der Waals surface area contributed by atoms with Crippen molar-refractivity contribution in [2.24, 2.45) is 0 Å². The van der Waals surface area contributed by atoms with Crippen molar-refractivity contribution >= 4 is 22.6 Å². The summed E-state index contributed by atoms with van der Waals surface area (Å²) in [4.78, 5) is 17.2. The molecule has 1 atom stereocenters. The first kappa shape index (κ1) is 12.8. The van der Waals surface area contributed by atoms with Crippen LogP contribution in [0.25, 0.3) is 11.0 Å². The molecule has 0 saturated heterocycles. The molecule has 3 aromatic rings. The number of furan rings is 1. The zero-order valence-electron chi connectivity index (χ0n) is 12.8. The summed E-state index contributed by atoms with van der Waals surface area (Å²) in [5.41, 5.74) is 4.22. The molecule has 4 heteroatoms. The molecule has 4 nitrogen and oxygen atoms in total. The van der Waals surface area contributed by atoms with E-state index in [2.05, 4.69) is 23.1 Å². The molecule has 2 aliphatic heterocycles. The number of amides is 1. The number of benzene rings is 2. The summed E-state index contributed by atoms with van der Waals surface area (Å²) in [6.45, 7) is 3.48. The van der Waals surface area contributed by atoms with E-state index in [-0.39, 0.29) is 12.1 Å². The van der Waals surface area contributed by atoms with Gasteiger partial charge in [-0.3, -0.25) is 4.79 Å². The van der Waals surface area contributed by atoms with Crippen molar-refractivity contribution in [2.75, 3.05) is 11.4 Å². The molecule has 23 heavy (non-hydrogen) atoms. The average molecular weight is 304 g/mol. The van der Waals surface area contributed by atoms with E-state index < -0.39 is 0 Å². The van der Waals surface area contributed by atoms with Crippen LogP contribution >= 0.6 is 0 Å². The highest BCUT2D eigenvalue weighted by molar-refractivity contribution is 6.08. The lowest BCUT2D eigenvalue weighted by molar-refractivity contribution is 0.0636. The molecule has 114 valence electrons. The van der Waals surface area contributed by atoms with Crippen molar-refractivity contribution < 1.29 is 9.21 Å². The smallest absolute Gasteiger partial charge is 0.293 e.